The Labute approximate surface area is 102 Å². The Bertz CT molecular complexity index is 182. The van der Waals surface area contributed by atoms with Gasteiger partial charge in [0.05, 0.1) is 0 Å². The maximum absolute atomic E-state index is 3.36. The van der Waals surface area contributed by atoms with Crippen molar-refractivity contribution < 1.29 is 0 Å². The summed E-state index contributed by atoms with van der Waals surface area (Å²) >= 11 is 0. The Morgan fingerprint density at radius 2 is 2.00 bits per heavy atom. The van der Waals surface area contributed by atoms with Crippen LogP contribution in [0.4, 0.5) is 0 Å². The van der Waals surface area contributed by atoms with Crippen LogP contribution in [0.3, 0.4) is 0 Å². The summed E-state index contributed by atoms with van der Waals surface area (Å²) < 4.78 is 0. The molecule has 96 valence electrons. The second-order valence-corrected chi connectivity index (χ2v) is 5.42. The van der Waals surface area contributed by atoms with Crippen LogP contribution in [0, 0.1) is 0 Å². The van der Waals surface area contributed by atoms with Gasteiger partial charge >= 0.3 is 0 Å². The Balaban J connectivity index is 2.51. The van der Waals surface area contributed by atoms with Crippen LogP contribution >= 0.6 is 0 Å². The molecule has 0 aromatic carbocycles. The number of rotatable bonds is 5. The van der Waals surface area contributed by atoms with Crippen molar-refractivity contribution in [2.24, 2.45) is 0 Å². The molecule has 2 nitrogen and oxygen atoms in total. The van der Waals surface area contributed by atoms with Gasteiger partial charge in [-0.05, 0) is 53.1 Å². The van der Waals surface area contributed by atoms with Crippen molar-refractivity contribution in [3.05, 3.63) is 0 Å². The molecule has 0 radical (unpaired) electrons. The predicted molar refractivity (Wildman–Crippen MR) is 71.9 cm³/mol. The highest BCUT2D eigenvalue weighted by atomic mass is 15.2. The number of hydrogen-bond donors (Lipinski definition) is 1. The van der Waals surface area contributed by atoms with Crippen LogP contribution in [0.2, 0.25) is 0 Å². The zero-order valence-electron chi connectivity index (χ0n) is 11.6. The van der Waals surface area contributed by atoms with E-state index in [2.05, 4.69) is 38.0 Å². The van der Waals surface area contributed by atoms with Gasteiger partial charge in [0.1, 0.15) is 0 Å². The fourth-order valence-electron chi connectivity index (χ4n) is 2.98. The molecule has 2 heteroatoms. The van der Waals surface area contributed by atoms with E-state index >= 15 is 0 Å². The zero-order chi connectivity index (χ0) is 12.0. The summed E-state index contributed by atoms with van der Waals surface area (Å²) in [5, 5.41) is 3.36. The smallest absolute Gasteiger partial charge is 0.00954 e. The van der Waals surface area contributed by atoms with E-state index in [4.69, 9.17) is 0 Å². The molecule has 3 unspecified atom stereocenters. The average molecular weight is 226 g/mol. The molecule has 0 amide bonds. The lowest BCUT2D eigenvalue weighted by Crippen LogP contribution is -2.43. The van der Waals surface area contributed by atoms with Crippen molar-refractivity contribution >= 4 is 0 Å². The first-order valence-electron chi connectivity index (χ1n) is 7.12. The van der Waals surface area contributed by atoms with Crippen molar-refractivity contribution in [3.8, 4) is 0 Å². The molecule has 0 saturated carbocycles. The van der Waals surface area contributed by atoms with Gasteiger partial charge in [-0.3, -0.25) is 4.90 Å². The minimum Gasteiger partial charge on any atom is -0.317 e. The van der Waals surface area contributed by atoms with Crippen LogP contribution in [0.1, 0.15) is 59.3 Å². The molecule has 0 bridgehead atoms. The normalized spacial score (nSPS) is 27.4. The highest BCUT2D eigenvalue weighted by molar-refractivity contribution is 4.80. The van der Waals surface area contributed by atoms with E-state index in [0.29, 0.717) is 6.04 Å². The Hall–Kier alpha value is -0.0800. The minimum absolute atomic E-state index is 0.635. The molecule has 0 aromatic rings. The summed E-state index contributed by atoms with van der Waals surface area (Å²) in [7, 11) is 2.07. The molecule has 1 rings (SSSR count). The number of hydrogen-bond acceptors (Lipinski definition) is 2. The van der Waals surface area contributed by atoms with Crippen LogP contribution in [0.15, 0.2) is 0 Å². The quantitative estimate of drug-likeness (QED) is 0.775. The van der Waals surface area contributed by atoms with Gasteiger partial charge < -0.3 is 5.32 Å². The first-order chi connectivity index (χ1) is 7.69. The summed E-state index contributed by atoms with van der Waals surface area (Å²) in [6, 6.07) is 2.20. The molecule has 1 fully saturated rings. The monoisotopic (exact) mass is 226 g/mol. The minimum atomic E-state index is 0.635. The van der Waals surface area contributed by atoms with Crippen LogP contribution < -0.4 is 5.32 Å². The van der Waals surface area contributed by atoms with Gasteiger partial charge in [-0.15, -0.1) is 0 Å². The lowest BCUT2D eigenvalue weighted by molar-refractivity contribution is 0.129. The van der Waals surface area contributed by atoms with Gasteiger partial charge in [0, 0.05) is 18.1 Å². The number of nitrogens with zero attached hydrogens (tertiary/aromatic N) is 1. The highest BCUT2D eigenvalue weighted by Gasteiger charge is 2.24. The molecule has 0 spiro atoms. The van der Waals surface area contributed by atoms with Gasteiger partial charge in [0.25, 0.3) is 0 Å². The lowest BCUT2D eigenvalue weighted by Gasteiger charge is -2.36. The summed E-state index contributed by atoms with van der Waals surface area (Å²) in [5.74, 6) is 0. The summed E-state index contributed by atoms with van der Waals surface area (Å²) in [4.78, 5) is 2.76. The predicted octanol–water partition coefficient (Wildman–Crippen LogP) is 3.03. The van der Waals surface area contributed by atoms with Crippen LogP contribution in [-0.2, 0) is 0 Å². The van der Waals surface area contributed by atoms with E-state index in [1.54, 1.807) is 0 Å². The van der Waals surface area contributed by atoms with Gasteiger partial charge in [0.15, 0.2) is 0 Å². The highest BCUT2D eigenvalue weighted by Crippen LogP contribution is 2.22. The Kier molecular flexibility index (Phi) is 6.37. The first kappa shape index (κ1) is 14.0. The fourth-order valence-corrected chi connectivity index (χ4v) is 2.98. The summed E-state index contributed by atoms with van der Waals surface area (Å²) in [6.45, 7) is 8.35. The molecule has 1 saturated heterocycles. The van der Waals surface area contributed by atoms with Crippen LogP contribution in [0.25, 0.3) is 0 Å². The van der Waals surface area contributed by atoms with Crippen LogP contribution in [0.5, 0.6) is 0 Å². The molecule has 3 atom stereocenters. The third kappa shape index (κ3) is 4.06. The topological polar surface area (TPSA) is 15.3 Å². The second kappa shape index (κ2) is 7.29. The number of likely N-dealkylation sites (tertiary alicyclic amines) is 1. The van der Waals surface area contributed by atoms with E-state index in [9.17, 15) is 0 Å². The van der Waals surface area contributed by atoms with Crippen LogP contribution in [-0.4, -0.2) is 36.6 Å². The zero-order valence-corrected chi connectivity index (χ0v) is 11.6. The van der Waals surface area contributed by atoms with E-state index in [1.165, 1.54) is 45.1 Å². The van der Waals surface area contributed by atoms with E-state index in [-0.39, 0.29) is 0 Å². The maximum atomic E-state index is 3.36. The summed E-state index contributed by atoms with van der Waals surface area (Å²) in [6.07, 6.45) is 8.26. The molecule has 1 aliphatic heterocycles. The van der Waals surface area contributed by atoms with Crippen molar-refractivity contribution in [1.29, 1.82) is 0 Å². The SMILES string of the molecule is CCC1CCCCCN1C(C)CC(C)NC. The molecule has 0 aromatic heterocycles. The fraction of sp³-hybridized carbons (Fsp3) is 1.00. The average Bonchev–Trinajstić information content (AvgIpc) is 2.53. The van der Waals surface area contributed by atoms with Crippen molar-refractivity contribution in [2.75, 3.05) is 13.6 Å². The van der Waals surface area contributed by atoms with Crippen molar-refractivity contribution in [3.63, 3.8) is 0 Å². The second-order valence-electron chi connectivity index (χ2n) is 5.42. The molecule has 1 N–H and O–H groups in total. The third-order valence-corrected chi connectivity index (χ3v) is 4.15. The number of nitrogens with one attached hydrogen (secondary N) is 1. The lowest BCUT2D eigenvalue weighted by atomic mass is 10.0. The molecule has 16 heavy (non-hydrogen) atoms. The van der Waals surface area contributed by atoms with Crippen molar-refractivity contribution in [2.45, 2.75) is 77.4 Å². The Morgan fingerprint density at radius 3 is 2.62 bits per heavy atom. The van der Waals surface area contributed by atoms with Gasteiger partial charge in [-0.1, -0.05) is 19.8 Å². The molecular formula is C14H30N2. The van der Waals surface area contributed by atoms with Crippen molar-refractivity contribution in [1.82, 2.24) is 10.2 Å². The molecular weight excluding hydrogens is 196 g/mol. The van der Waals surface area contributed by atoms with Gasteiger partial charge in [-0.25, -0.2) is 0 Å². The molecule has 1 aliphatic rings. The third-order valence-electron chi connectivity index (χ3n) is 4.15. The maximum Gasteiger partial charge on any atom is 0.00954 e. The van der Waals surface area contributed by atoms with Gasteiger partial charge in [-0.2, -0.15) is 0 Å². The van der Waals surface area contributed by atoms with E-state index in [0.717, 1.165) is 12.1 Å². The van der Waals surface area contributed by atoms with E-state index < -0.39 is 0 Å². The summed E-state index contributed by atoms with van der Waals surface area (Å²) in [5.41, 5.74) is 0. The standard InChI is InChI=1S/C14H30N2/c1-5-14-9-7-6-8-10-16(14)13(3)11-12(2)15-4/h12-15H,5-11H2,1-4H3. The first-order valence-corrected chi connectivity index (χ1v) is 7.12. The molecule has 1 heterocycles. The Morgan fingerprint density at radius 1 is 1.25 bits per heavy atom. The van der Waals surface area contributed by atoms with Gasteiger partial charge in [0.2, 0.25) is 0 Å². The molecule has 0 aliphatic carbocycles. The van der Waals surface area contributed by atoms with E-state index in [1.807, 2.05) is 0 Å². The largest absolute Gasteiger partial charge is 0.317 e.